The van der Waals surface area contributed by atoms with Gasteiger partial charge in [-0.05, 0) is 56.6 Å². The highest BCUT2D eigenvalue weighted by Crippen LogP contribution is 2.34. The second-order valence-electron chi connectivity index (χ2n) is 5.90. The molecule has 1 aliphatic heterocycles. The van der Waals surface area contributed by atoms with Gasteiger partial charge in [-0.15, -0.1) is 0 Å². The molecule has 1 saturated heterocycles. The summed E-state index contributed by atoms with van der Waals surface area (Å²) in [4.78, 5) is 4.62. The fraction of sp³-hybridized carbons (Fsp3) is 0.625. The first-order valence-electron chi connectivity index (χ1n) is 7.31. The summed E-state index contributed by atoms with van der Waals surface area (Å²) in [6.45, 7) is 1.96. The van der Waals surface area contributed by atoms with Gasteiger partial charge in [0.1, 0.15) is 0 Å². The molecule has 3 nitrogen and oxygen atoms in total. The van der Waals surface area contributed by atoms with Gasteiger partial charge in [-0.1, -0.05) is 18.6 Å². The smallest absolute Gasteiger partial charge is 0.0385 e. The average Bonchev–Trinajstić information content (AvgIpc) is 2.60. The Morgan fingerprint density at radius 2 is 1.89 bits per heavy atom. The van der Waals surface area contributed by atoms with Crippen LogP contribution in [-0.4, -0.2) is 39.1 Å². The predicted molar refractivity (Wildman–Crippen MR) is 82.5 cm³/mol. The third-order valence-electron chi connectivity index (χ3n) is 4.31. The van der Waals surface area contributed by atoms with Crippen LogP contribution in [0, 0.1) is 5.92 Å². The molecule has 1 aromatic rings. The summed E-state index contributed by atoms with van der Waals surface area (Å²) in [5, 5.41) is 0. The van der Waals surface area contributed by atoms with Crippen LogP contribution in [0.1, 0.15) is 30.9 Å². The van der Waals surface area contributed by atoms with E-state index < -0.39 is 0 Å². The van der Waals surface area contributed by atoms with Gasteiger partial charge >= 0.3 is 0 Å². The van der Waals surface area contributed by atoms with E-state index in [9.17, 15) is 0 Å². The lowest BCUT2D eigenvalue weighted by Crippen LogP contribution is -2.33. The van der Waals surface area contributed by atoms with Crippen LogP contribution in [0.5, 0.6) is 0 Å². The number of nitrogens with two attached hydrogens (primary N) is 1. The van der Waals surface area contributed by atoms with Crippen LogP contribution in [0.3, 0.4) is 0 Å². The molecule has 3 heteroatoms. The Labute approximate surface area is 117 Å². The Hall–Kier alpha value is -1.06. The minimum absolute atomic E-state index is 0.476. The predicted octanol–water partition coefficient (Wildman–Crippen LogP) is 2.48. The first kappa shape index (κ1) is 14.4. The second kappa shape index (κ2) is 6.40. The van der Waals surface area contributed by atoms with Crippen LogP contribution in [-0.2, 0) is 0 Å². The van der Waals surface area contributed by atoms with Crippen molar-refractivity contribution in [2.24, 2.45) is 11.7 Å². The van der Waals surface area contributed by atoms with E-state index in [1.807, 2.05) is 0 Å². The lowest BCUT2D eigenvalue weighted by molar-refractivity contribution is 0.196. The number of benzene rings is 1. The standard InChI is InChI=1S/C16H27N3/c1-18(2)15-9-7-13(8-10-15)16-14(12-17)6-4-5-11-19(16)3/h7-10,14,16H,4-6,11-12,17H2,1-3H3. The summed E-state index contributed by atoms with van der Waals surface area (Å²) in [5.41, 5.74) is 8.67. The van der Waals surface area contributed by atoms with Crippen LogP contribution in [0.25, 0.3) is 0 Å². The Morgan fingerprint density at radius 1 is 1.21 bits per heavy atom. The number of hydrogen-bond donors (Lipinski definition) is 1. The fourth-order valence-electron chi connectivity index (χ4n) is 3.17. The molecule has 0 saturated carbocycles. The highest BCUT2D eigenvalue weighted by atomic mass is 15.1. The lowest BCUT2D eigenvalue weighted by atomic mass is 9.89. The molecule has 0 aliphatic carbocycles. The molecule has 1 heterocycles. The fourth-order valence-corrected chi connectivity index (χ4v) is 3.17. The number of anilines is 1. The maximum atomic E-state index is 6.01. The molecule has 1 aromatic carbocycles. The molecule has 2 N–H and O–H groups in total. The quantitative estimate of drug-likeness (QED) is 0.907. The third kappa shape index (κ3) is 3.28. The Kier molecular flexibility index (Phi) is 4.83. The molecule has 0 spiro atoms. The van der Waals surface area contributed by atoms with Gasteiger partial charge in [0.05, 0.1) is 0 Å². The van der Waals surface area contributed by atoms with Gasteiger partial charge in [-0.25, -0.2) is 0 Å². The highest BCUT2D eigenvalue weighted by molar-refractivity contribution is 5.46. The van der Waals surface area contributed by atoms with E-state index in [4.69, 9.17) is 5.73 Å². The van der Waals surface area contributed by atoms with Crippen molar-refractivity contribution in [3.05, 3.63) is 29.8 Å². The van der Waals surface area contributed by atoms with Gasteiger partial charge < -0.3 is 10.6 Å². The van der Waals surface area contributed by atoms with E-state index in [1.54, 1.807) is 0 Å². The van der Waals surface area contributed by atoms with Crippen molar-refractivity contribution in [2.75, 3.05) is 39.1 Å². The second-order valence-corrected chi connectivity index (χ2v) is 5.90. The first-order valence-corrected chi connectivity index (χ1v) is 7.31. The van der Waals surface area contributed by atoms with E-state index in [0.717, 1.165) is 6.54 Å². The maximum absolute atomic E-state index is 6.01. The largest absolute Gasteiger partial charge is 0.378 e. The van der Waals surface area contributed by atoms with E-state index in [2.05, 4.69) is 55.2 Å². The van der Waals surface area contributed by atoms with Crippen molar-refractivity contribution in [1.82, 2.24) is 4.90 Å². The molecular weight excluding hydrogens is 234 g/mol. The number of likely N-dealkylation sites (tertiary alicyclic amines) is 1. The van der Waals surface area contributed by atoms with Crippen molar-refractivity contribution in [1.29, 1.82) is 0 Å². The van der Waals surface area contributed by atoms with Crippen molar-refractivity contribution >= 4 is 5.69 Å². The molecule has 0 radical (unpaired) electrons. The summed E-state index contributed by atoms with van der Waals surface area (Å²) >= 11 is 0. The maximum Gasteiger partial charge on any atom is 0.0385 e. The van der Waals surface area contributed by atoms with Gasteiger partial charge in [0.15, 0.2) is 0 Å². The normalized spacial score (nSPS) is 25.1. The van der Waals surface area contributed by atoms with Crippen molar-refractivity contribution < 1.29 is 0 Å². The van der Waals surface area contributed by atoms with E-state index in [-0.39, 0.29) is 0 Å². The SMILES string of the molecule is CN(C)c1ccc(C2C(CN)CCCCN2C)cc1. The summed E-state index contributed by atoms with van der Waals surface area (Å²) in [5.74, 6) is 0.581. The molecule has 1 fully saturated rings. The molecule has 19 heavy (non-hydrogen) atoms. The highest BCUT2D eigenvalue weighted by Gasteiger charge is 2.27. The van der Waals surface area contributed by atoms with E-state index >= 15 is 0 Å². The summed E-state index contributed by atoms with van der Waals surface area (Å²) < 4.78 is 0. The van der Waals surface area contributed by atoms with Gasteiger partial charge in [-0.3, -0.25) is 4.90 Å². The van der Waals surface area contributed by atoms with E-state index in [1.165, 1.54) is 37.1 Å². The van der Waals surface area contributed by atoms with Gasteiger partial charge in [0.2, 0.25) is 0 Å². The van der Waals surface area contributed by atoms with Crippen LogP contribution in [0.2, 0.25) is 0 Å². The lowest BCUT2D eigenvalue weighted by Gasteiger charge is -2.32. The van der Waals surface area contributed by atoms with Crippen molar-refractivity contribution in [3.63, 3.8) is 0 Å². The molecule has 0 bridgehead atoms. The first-order chi connectivity index (χ1) is 9.13. The van der Waals surface area contributed by atoms with Gasteiger partial charge in [0.25, 0.3) is 0 Å². The Morgan fingerprint density at radius 3 is 2.47 bits per heavy atom. The minimum atomic E-state index is 0.476. The molecule has 106 valence electrons. The van der Waals surface area contributed by atoms with Crippen LogP contribution >= 0.6 is 0 Å². The third-order valence-corrected chi connectivity index (χ3v) is 4.31. The van der Waals surface area contributed by atoms with Crippen LogP contribution in [0.15, 0.2) is 24.3 Å². The molecule has 2 atom stereocenters. The number of nitrogens with zero attached hydrogens (tertiary/aromatic N) is 2. The molecule has 1 aliphatic rings. The number of hydrogen-bond acceptors (Lipinski definition) is 3. The molecule has 2 rings (SSSR count). The molecular formula is C16H27N3. The van der Waals surface area contributed by atoms with Crippen molar-refractivity contribution in [2.45, 2.75) is 25.3 Å². The molecule has 2 unspecified atom stereocenters. The zero-order chi connectivity index (χ0) is 13.8. The van der Waals surface area contributed by atoms with Gasteiger partial charge in [-0.2, -0.15) is 0 Å². The number of rotatable bonds is 3. The summed E-state index contributed by atoms with van der Waals surface area (Å²) in [6, 6.07) is 9.43. The monoisotopic (exact) mass is 261 g/mol. The van der Waals surface area contributed by atoms with Crippen molar-refractivity contribution in [3.8, 4) is 0 Å². The Balaban J connectivity index is 2.24. The van der Waals surface area contributed by atoms with Crippen LogP contribution in [0.4, 0.5) is 5.69 Å². The minimum Gasteiger partial charge on any atom is -0.378 e. The van der Waals surface area contributed by atoms with E-state index in [0.29, 0.717) is 12.0 Å². The summed E-state index contributed by atoms with van der Waals surface area (Å²) in [6.07, 6.45) is 3.85. The Bertz CT molecular complexity index is 385. The van der Waals surface area contributed by atoms with Crippen LogP contribution < -0.4 is 10.6 Å². The topological polar surface area (TPSA) is 32.5 Å². The zero-order valence-electron chi connectivity index (χ0n) is 12.5. The summed E-state index contributed by atoms with van der Waals surface area (Å²) in [7, 11) is 6.39. The average molecular weight is 261 g/mol. The molecule has 0 amide bonds. The van der Waals surface area contributed by atoms with Gasteiger partial charge in [0, 0.05) is 25.8 Å². The molecule has 0 aromatic heterocycles. The zero-order valence-corrected chi connectivity index (χ0v) is 12.5.